The number of rotatable bonds is 4. The molecule has 1 amide bonds. The number of ether oxygens (including phenoxy) is 1. The molecule has 2 unspecified atom stereocenters. The maximum absolute atomic E-state index is 12.6. The van der Waals surface area contributed by atoms with Gasteiger partial charge in [-0.15, -0.1) is 0 Å². The summed E-state index contributed by atoms with van der Waals surface area (Å²) in [6, 6.07) is 1.06. The third kappa shape index (κ3) is 2.86. The number of nitrogens with zero attached hydrogens (tertiary/aromatic N) is 1. The summed E-state index contributed by atoms with van der Waals surface area (Å²) in [5.41, 5.74) is 0. The van der Waals surface area contributed by atoms with Crippen LogP contribution in [0.15, 0.2) is 0 Å². The summed E-state index contributed by atoms with van der Waals surface area (Å²) in [6.45, 7) is 3.50. The second kappa shape index (κ2) is 5.57. The van der Waals surface area contributed by atoms with E-state index in [0.29, 0.717) is 24.6 Å². The van der Waals surface area contributed by atoms with E-state index in [2.05, 4.69) is 10.2 Å². The molecule has 102 valence electrons. The smallest absolute Gasteiger partial charge is 0.228 e. The summed E-state index contributed by atoms with van der Waals surface area (Å²) in [6.07, 6.45) is 6.93. The molecule has 4 heteroatoms. The second-order valence-corrected chi connectivity index (χ2v) is 5.93. The Labute approximate surface area is 109 Å². The zero-order valence-electron chi connectivity index (χ0n) is 11.1. The highest BCUT2D eigenvalue weighted by atomic mass is 16.5. The normalized spacial score (nSPS) is 32.4. The van der Waals surface area contributed by atoms with E-state index < -0.39 is 0 Å². The van der Waals surface area contributed by atoms with Crippen LogP contribution in [0, 0.1) is 5.92 Å². The molecular weight excluding hydrogens is 228 g/mol. The average molecular weight is 252 g/mol. The molecule has 2 aliphatic heterocycles. The van der Waals surface area contributed by atoms with Crippen LogP contribution in [0.5, 0.6) is 0 Å². The van der Waals surface area contributed by atoms with Gasteiger partial charge in [-0.25, -0.2) is 0 Å². The summed E-state index contributed by atoms with van der Waals surface area (Å²) in [4.78, 5) is 14.7. The van der Waals surface area contributed by atoms with Gasteiger partial charge in [0.15, 0.2) is 0 Å². The third-order valence-electron chi connectivity index (χ3n) is 4.36. The molecule has 1 aliphatic carbocycles. The number of hydrogen-bond acceptors (Lipinski definition) is 3. The Morgan fingerprint density at radius 2 is 2.11 bits per heavy atom. The first-order valence-corrected chi connectivity index (χ1v) is 7.46. The van der Waals surface area contributed by atoms with Gasteiger partial charge in [-0.3, -0.25) is 4.79 Å². The van der Waals surface area contributed by atoms with Crippen LogP contribution in [-0.2, 0) is 9.53 Å². The Hall–Kier alpha value is -0.610. The first-order chi connectivity index (χ1) is 8.84. The summed E-state index contributed by atoms with van der Waals surface area (Å²) in [5, 5.41) is 3.50. The van der Waals surface area contributed by atoms with Crippen LogP contribution in [0.2, 0.25) is 0 Å². The molecular formula is C14H24N2O2. The van der Waals surface area contributed by atoms with Crippen molar-refractivity contribution in [1.82, 2.24) is 10.2 Å². The zero-order valence-corrected chi connectivity index (χ0v) is 11.1. The van der Waals surface area contributed by atoms with E-state index in [9.17, 15) is 4.79 Å². The topological polar surface area (TPSA) is 41.6 Å². The Bertz CT molecular complexity index is 292. The van der Waals surface area contributed by atoms with Crippen molar-refractivity contribution >= 4 is 5.91 Å². The maximum atomic E-state index is 12.6. The fourth-order valence-electron chi connectivity index (χ4n) is 3.13. The van der Waals surface area contributed by atoms with Crippen LogP contribution in [-0.4, -0.2) is 49.2 Å². The number of amides is 1. The lowest BCUT2D eigenvalue weighted by Crippen LogP contribution is -2.46. The van der Waals surface area contributed by atoms with E-state index in [1.54, 1.807) is 0 Å². The van der Waals surface area contributed by atoms with Gasteiger partial charge in [-0.1, -0.05) is 0 Å². The monoisotopic (exact) mass is 252 g/mol. The van der Waals surface area contributed by atoms with Gasteiger partial charge >= 0.3 is 0 Å². The van der Waals surface area contributed by atoms with Crippen molar-refractivity contribution in [2.45, 2.75) is 50.6 Å². The van der Waals surface area contributed by atoms with Gasteiger partial charge in [0.2, 0.25) is 5.91 Å². The number of carbonyl (C=O) groups excluding carboxylic acids is 1. The van der Waals surface area contributed by atoms with Crippen LogP contribution >= 0.6 is 0 Å². The minimum absolute atomic E-state index is 0.126. The maximum Gasteiger partial charge on any atom is 0.228 e. The Morgan fingerprint density at radius 3 is 2.72 bits per heavy atom. The minimum Gasteiger partial charge on any atom is -0.381 e. The Morgan fingerprint density at radius 1 is 1.22 bits per heavy atom. The van der Waals surface area contributed by atoms with Crippen LogP contribution in [0.1, 0.15) is 38.5 Å². The number of hydrogen-bond donors (Lipinski definition) is 1. The fourth-order valence-corrected chi connectivity index (χ4v) is 3.13. The van der Waals surface area contributed by atoms with Gasteiger partial charge in [-0.2, -0.15) is 0 Å². The quantitative estimate of drug-likeness (QED) is 0.816. The molecule has 2 atom stereocenters. The van der Waals surface area contributed by atoms with Crippen molar-refractivity contribution in [2.75, 3.05) is 26.3 Å². The molecule has 0 aromatic heterocycles. The first-order valence-electron chi connectivity index (χ1n) is 7.46. The molecule has 0 aromatic rings. The van der Waals surface area contributed by atoms with Gasteiger partial charge in [-0.05, 0) is 45.1 Å². The van der Waals surface area contributed by atoms with E-state index in [0.717, 1.165) is 32.5 Å². The van der Waals surface area contributed by atoms with E-state index in [1.807, 2.05) is 0 Å². The van der Waals surface area contributed by atoms with Crippen molar-refractivity contribution in [3.8, 4) is 0 Å². The molecule has 1 saturated carbocycles. The molecule has 3 rings (SSSR count). The SMILES string of the molecule is O=C(C1CCCOC1)N(CC1CCCN1)C1CC1. The van der Waals surface area contributed by atoms with Crippen molar-refractivity contribution in [3.05, 3.63) is 0 Å². The molecule has 2 heterocycles. The van der Waals surface area contributed by atoms with Crippen molar-refractivity contribution in [1.29, 1.82) is 0 Å². The largest absolute Gasteiger partial charge is 0.381 e. The van der Waals surface area contributed by atoms with Crippen LogP contribution in [0.25, 0.3) is 0 Å². The predicted octanol–water partition coefficient (Wildman–Crippen LogP) is 1.16. The summed E-state index contributed by atoms with van der Waals surface area (Å²) in [5.74, 6) is 0.478. The van der Waals surface area contributed by atoms with Gasteiger partial charge in [0.05, 0.1) is 12.5 Å². The molecule has 2 saturated heterocycles. The zero-order chi connectivity index (χ0) is 12.4. The highest BCUT2D eigenvalue weighted by molar-refractivity contribution is 5.79. The molecule has 3 aliphatic rings. The standard InChI is InChI=1S/C14H24N2O2/c17-14(11-3-2-8-18-10-11)16(13-5-6-13)9-12-4-1-7-15-12/h11-13,15H,1-10H2. The average Bonchev–Trinajstić information content (AvgIpc) is 3.13. The third-order valence-corrected chi connectivity index (χ3v) is 4.36. The van der Waals surface area contributed by atoms with Crippen molar-refractivity contribution < 1.29 is 9.53 Å². The molecule has 0 bridgehead atoms. The molecule has 0 radical (unpaired) electrons. The van der Waals surface area contributed by atoms with E-state index in [1.165, 1.54) is 25.7 Å². The molecule has 0 spiro atoms. The molecule has 3 fully saturated rings. The van der Waals surface area contributed by atoms with Crippen LogP contribution in [0.4, 0.5) is 0 Å². The highest BCUT2D eigenvalue weighted by Gasteiger charge is 2.37. The van der Waals surface area contributed by atoms with E-state index in [4.69, 9.17) is 4.74 Å². The van der Waals surface area contributed by atoms with E-state index >= 15 is 0 Å². The molecule has 18 heavy (non-hydrogen) atoms. The summed E-state index contributed by atoms with van der Waals surface area (Å²) in [7, 11) is 0. The lowest BCUT2D eigenvalue weighted by molar-refractivity contribution is -0.140. The lowest BCUT2D eigenvalue weighted by Gasteiger charge is -2.31. The second-order valence-electron chi connectivity index (χ2n) is 5.93. The van der Waals surface area contributed by atoms with Crippen LogP contribution < -0.4 is 5.32 Å². The lowest BCUT2D eigenvalue weighted by atomic mass is 10.00. The number of nitrogens with one attached hydrogen (secondary N) is 1. The van der Waals surface area contributed by atoms with Gasteiger partial charge in [0.25, 0.3) is 0 Å². The number of carbonyl (C=O) groups is 1. The summed E-state index contributed by atoms with van der Waals surface area (Å²) >= 11 is 0. The highest BCUT2D eigenvalue weighted by Crippen LogP contribution is 2.30. The minimum atomic E-state index is 0.126. The Balaban J connectivity index is 1.59. The van der Waals surface area contributed by atoms with Crippen LogP contribution in [0.3, 0.4) is 0 Å². The molecule has 4 nitrogen and oxygen atoms in total. The first kappa shape index (κ1) is 12.4. The van der Waals surface area contributed by atoms with Gasteiger partial charge in [0.1, 0.15) is 0 Å². The predicted molar refractivity (Wildman–Crippen MR) is 69.3 cm³/mol. The fraction of sp³-hybridized carbons (Fsp3) is 0.929. The molecule has 0 aromatic carbocycles. The van der Waals surface area contributed by atoms with Crippen molar-refractivity contribution in [2.24, 2.45) is 5.92 Å². The summed E-state index contributed by atoms with van der Waals surface area (Å²) < 4.78 is 5.46. The Kier molecular flexibility index (Phi) is 3.85. The van der Waals surface area contributed by atoms with E-state index in [-0.39, 0.29) is 5.92 Å². The van der Waals surface area contributed by atoms with Crippen molar-refractivity contribution in [3.63, 3.8) is 0 Å². The van der Waals surface area contributed by atoms with Gasteiger partial charge < -0.3 is 15.0 Å². The molecule has 1 N–H and O–H groups in total. The van der Waals surface area contributed by atoms with Gasteiger partial charge in [0, 0.05) is 25.2 Å².